The van der Waals surface area contributed by atoms with Gasteiger partial charge in [-0.3, -0.25) is 5.43 Å². The molecule has 18 heavy (non-hydrogen) atoms. The van der Waals surface area contributed by atoms with Crippen LogP contribution in [-0.4, -0.2) is 25.0 Å². The van der Waals surface area contributed by atoms with Crippen LogP contribution >= 0.6 is 12.2 Å². The number of hydrogen-bond acceptors (Lipinski definition) is 4. The number of thiocarbonyl (C=S) groups is 1. The molecule has 5 nitrogen and oxygen atoms in total. The molecule has 0 saturated heterocycles. The first-order chi connectivity index (χ1) is 8.67. The standard InChI is InChI=1S/C12H15N3O2S/c1-3-6-17-10-5-4-9(7-11(10)16-2)8-14-15-12(13)18/h3-5,7-8H,1,6H2,2H3,(H3,13,15,18). The quantitative estimate of drug-likeness (QED) is 0.352. The van der Waals surface area contributed by atoms with E-state index in [9.17, 15) is 0 Å². The Hall–Kier alpha value is -2.08. The first kappa shape index (κ1) is 14.0. The van der Waals surface area contributed by atoms with Crippen LogP contribution in [0.25, 0.3) is 0 Å². The first-order valence-corrected chi connectivity index (χ1v) is 5.58. The van der Waals surface area contributed by atoms with E-state index in [-0.39, 0.29) is 5.11 Å². The molecule has 0 amide bonds. The number of hydrogen-bond donors (Lipinski definition) is 2. The summed E-state index contributed by atoms with van der Waals surface area (Å²) < 4.78 is 10.6. The fraction of sp³-hybridized carbons (Fsp3) is 0.167. The Morgan fingerprint density at radius 1 is 1.56 bits per heavy atom. The van der Waals surface area contributed by atoms with Crippen molar-refractivity contribution in [2.75, 3.05) is 13.7 Å². The highest BCUT2D eigenvalue weighted by molar-refractivity contribution is 7.80. The van der Waals surface area contributed by atoms with Crippen LogP contribution in [0.15, 0.2) is 36.0 Å². The largest absolute Gasteiger partial charge is 0.493 e. The number of rotatable bonds is 6. The highest BCUT2D eigenvalue weighted by Crippen LogP contribution is 2.27. The van der Waals surface area contributed by atoms with Crippen molar-refractivity contribution in [2.45, 2.75) is 0 Å². The molecule has 0 unspecified atom stereocenters. The van der Waals surface area contributed by atoms with Crippen LogP contribution in [0.2, 0.25) is 0 Å². The van der Waals surface area contributed by atoms with Crippen LogP contribution in [0.3, 0.4) is 0 Å². The molecule has 1 aromatic rings. The van der Waals surface area contributed by atoms with Gasteiger partial charge in [0.1, 0.15) is 6.61 Å². The van der Waals surface area contributed by atoms with Gasteiger partial charge in [-0.15, -0.1) is 0 Å². The lowest BCUT2D eigenvalue weighted by Crippen LogP contribution is -2.23. The average Bonchev–Trinajstić information content (AvgIpc) is 2.36. The number of ether oxygens (including phenoxy) is 2. The van der Waals surface area contributed by atoms with Crippen LogP contribution < -0.4 is 20.6 Å². The molecule has 0 fully saturated rings. The van der Waals surface area contributed by atoms with Gasteiger partial charge in [-0.1, -0.05) is 12.7 Å². The zero-order valence-corrected chi connectivity index (χ0v) is 10.9. The minimum atomic E-state index is 0.115. The van der Waals surface area contributed by atoms with Crippen molar-refractivity contribution in [2.24, 2.45) is 10.8 Å². The molecule has 0 aromatic heterocycles. The van der Waals surface area contributed by atoms with Crippen LogP contribution in [0, 0.1) is 0 Å². The van der Waals surface area contributed by atoms with Gasteiger partial charge in [-0.2, -0.15) is 5.10 Å². The molecule has 0 aliphatic carbocycles. The maximum atomic E-state index is 5.43. The smallest absolute Gasteiger partial charge is 0.184 e. The van der Waals surface area contributed by atoms with Crippen molar-refractivity contribution in [3.8, 4) is 11.5 Å². The number of benzene rings is 1. The van der Waals surface area contributed by atoms with Crippen molar-refractivity contribution < 1.29 is 9.47 Å². The molecule has 1 rings (SSSR count). The van der Waals surface area contributed by atoms with E-state index in [2.05, 4.69) is 29.3 Å². The van der Waals surface area contributed by atoms with Crippen LogP contribution in [0.1, 0.15) is 5.56 Å². The molecule has 3 N–H and O–H groups in total. The lowest BCUT2D eigenvalue weighted by molar-refractivity contribution is 0.326. The topological polar surface area (TPSA) is 68.9 Å². The van der Waals surface area contributed by atoms with Crippen LogP contribution in [0.5, 0.6) is 11.5 Å². The van der Waals surface area contributed by atoms with Crippen molar-refractivity contribution in [3.63, 3.8) is 0 Å². The van der Waals surface area contributed by atoms with Gasteiger partial charge >= 0.3 is 0 Å². The summed E-state index contributed by atoms with van der Waals surface area (Å²) in [6, 6.07) is 5.43. The van der Waals surface area contributed by atoms with Crippen LogP contribution in [0.4, 0.5) is 0 Å². The van der Waals surface area contributed by atoms with Gasteiger partial charge in [-0.25, -0.2) is 0 Å². The minimum absolute atomic E-state index is 0.115. The number of nitrogens with two attached hydrogens (primary N) is 1. The van der Waals surface area contributed by atoms with E-state index < -0.39 is 0 Å². The summed E-state index contributed by atoms with van der Waals surface area (Å²) in [7, 11) is 1.57. The number of methoxy groups -OCH3 is 1. The number of nitrogens with zero attached hydrogens (tertiary/aromatic N) is 1. The molecular weight excluding hydrogens is 250 g/mol. The SMILES string of the molecule is C=CCOc1ccc(C=NNC(N)=S)cc1OC. The second-order valence-electron chi connectivity index (χ2n) is 3.24. The lowest BCUT2D eigenvalue weighted by atomic mass is 10.2. The van der Waals surface area contributed by atoms with E-state index in [4.69, 9.17) is 15.2 Å². The monoisotopic (exact) mass is 265 g/mol. The molecular formula is C12H15N3O2S. The first-order valence-electron chi connectivity index (χ1n) is 5.17. The highest BCUT2D eigenvalue weighted by atomic mass is 32.1. The molecule has 96 valence electrons. The summed E-state index contributed by atoms with van der Waals surface area (Å²) in [5.74, 6) is 1.27. The molecule has 0 saturated carbocycles. The van der Waals surface area contributed by atoms with Gasteiger partial charge in [0.2, 0.25) is 0 Å². The normalized spacial score (nSPS) is 10.1. The zero-order chi connectivity index (χ0) is 13.4. The van der Waals surface area contributed by atoms with Gasteiger partial charge < -0.3 is 15.2 Å². The van der Waals surface area contributed by atoms with Crippen molar-refractivity contribution in [3.05, 3.63) is 36.4 Å². The molecule has 0 bridgehead atoms. The maximum Gasteiger partial charge on any atom is 0.184 e. The van der Waals surface area contributed by atoms with Gasteiger partial charge in [0.15, 0.2) is 16.6 Å². The number of hydrazone groups is 1. The molecule has 0 aliphatic heterocycles. The van der Waals surface area contributed by atoms with E-state index in [1.165, 1.54) is 0 Å². The van der Waals surface area contributed by atoms with E-state index in [0.29, 0.717) is 18.1 Å². The molecule has 0 spiro atoms. The van der Waals surface area contributed by atoms with Gasteiger partial charge in [0.25, 0.3) is 0 Å². The average molecular weight is 265 g/mol. The molecule has 0 atom stereocenters. The molecule has 0 heterocycles. The zero-order valence-electron chi connectivity index (χ0n) is 10.1. The summed E-state index contributed by atoms with van der Waals surface area (Å²) in [6.07, 6.45) is 3.25. The third-order valence-corrected chi connectivity index (χ3v) is 2.02. The summed E-state index contributed by atoms with van der Waals surface area (Å²) >= 11 is 4.63. The summed E-state index contributed by atoms with van der Waals surface area (Å²) in [5.41, 5.74) is 8.55. The third kappa shape index (κ3) is 4.42. The predicted octanol–water partition coefficient (Wildman–Crippen LogP) is 1.43. The Morgan fingerprint density at radius 3 is 2.94 bits per heavy atom. The van der Waals surface area contributed by atoms with Crippen molar-refractivity contribution >= 4 is 23.5 Å². The van der Waals surface area contributed by atoms with E-state index in [0.717, 1.165) is 5.56 Å². The lowest BCUT2D eigenvalue weighted by Gasteiger charge is -2.09. The Bertz CT molecular complexity index is 461. The Morgan fingerprint density at radius 2 is 2.33 bits per heavy atom. The Kier molecular flexibility index (Phi) is 5.66. The van der Waals surface area contributed by atoms with E-state index >= 15 is 0 Å². The minimum Gasteiger partial charge on any atom is -0.493 e. The molecule has 1 aromatic carbocycles. The Balaban J connectivity index is 2.80. The number of nitrogens with one attached hydrogen (secondary N) is 1. The Labute approximate surface area is 111 Å². The maximum absolute atomic E-state index is 5.43. The summed E-state index contributed by atoms with van der Waals surface area (Å²) in [6.45, 7) is 4.01. The fourth-order valence-electron chi connectivity index (χ4n) is 1.20. The van der Waals surface area contributed by atoms with Gasteiger partial charge in [-0.05, 0) is 36.0 Å². The second-order valence-corrected chi connectivity index (χ2v) is 3.68. The summed E-state index contributed by atoms with van der Waals surface area (Å²) in [4.78, 5) is 0. The molecule has 0 aliphatic rings. The van der Waals surface area contributed by atoms with Gasteiger partial charge in [0.05, 0.1) is 13.3 Å². The summed E-state index contributed by atoms with van der Waals surface area (Å²) in [5, 5.41) is 3.97. The van der Waals surface area contributed by atoms with Crippen LogP contribution in [-0.2, 0) is 0 Å². The van der Waals surface area contributed by atoms with E-state index in [1.807, 2.05) is 6.07 Å². The highest BCUT2D eigenvalue weighted by Gasteiger charge is 2.04. The predicted molar refractivity (Wildman–Crippen MR) is 76.2 cm³/mol. The second kappa shape index (κ2) is 7.29. The molecule has 6 heteroatoms. The fourth-order valence-corrected chi connectivity index (χ4v) is 1.26. The van der Waals surface area contributed by atoms with Crippen molar-refractivity contribution in [1.82, 2.24) is 5.43 Å². The van der Waals surface area contributed by atoms with Crippen molar-refractivity contribution in [1.29, 1.82) is 0 Å². The van der Waals surface area contributed by atoms with E-state index in [1.54, 1.807) is 31.5 Å². The van der Waals surface area contributed by atoms with Gasteiger partial charge in [0, 0.05) is 0 Å². The third-order valence-electron chi connectivity index (χ3n) is 1.93. The molecule has 0 radical (unpaired) electrons.